The number of halogens is 2. The molecule has 0 bridgehead atoms. The van der Waals surface area contributed by atoms with Crippen LogP contribution in [-0.2, 0) is 4.79 Å². The van der Waals surface area contributed by atoms with Crippen LogP contribution in [-0.4, -0.2) is 26.4 Å². The number of benzene rings is 3. The highest BCUT2D eigenvalue weighted by Crippen LogP contribution is 2.33. The predicted molar refractivity (Wildman–Crippen MR) is 127 cm³/mol. The molecule has 0 aliphatic carbocycles. The highest BCUT2D eigenvalue weighted by Gasteiger charge is 2.19. The minimum atomic E-state index is -0.124. The molecule has 0 saturated heterocycles. The van der Waals surface area contributed by atoms with E-state index in [1.165, 1.54) is 11.8 Å². The number of nitrogens with one attached hydrogen (secondary N) is 1. The van der Waals surface area contributed by atoms with Gasteiger partial charge < -0.3 is 5.32 Å². The summed E-state index contributed by atoms with van der Waals surface area (Å²) in [7, 11) is 0. The Hall–Kier alpha value is -2.80. The van der Waals surface area contributed by atoms with Gasteiger partial charge in [0, 0.05) is 22.0 Å². The number of nitrogens with zero attached hydrogens (tertiary/aromatic N) is 3. The molecule has 0 spiro atoms. The van der Waals surface area contributed by atoms with Gasteiger partial charge in [0.05, 0.1) is 10.8 Å². The van der Waals surface area contributed by atoms with E-state index in [0.717, 1.165) is 16.9 Å². The average molecular weight is 469 g/mol. The molecule has 4 aromatic rings. The maximum Gasteiger partial charge on any atom is 0.234 e. The Morgan fingerprint density at radius 1 is 1.00 bits per heavy atom. The van der Waals surface area contributed by atoms with Crippen LogP contribution in [0.25, 0.3) is 17.1 Å². The largest absolute Gasteiger partial charge is 0.325 e. The van der Waals surface area contributed by atoms with Gasteiger partial charge in [0.25, 0.3) is 0 Å². The maximum absolute atomic E-state index is 12.4. The fourth-order valence-electron chi connectivity index (χ4n) is 3.06. The first-order valence-electron chi connectivity index (χ1n) is 9.47. The van der Waals surface area contributed by atoms with E-state index in [1.54, 1.807) is 12.1 Å². The average Bonchev–Trinajstić information content (AvgIpc) is 3.17. The molecule has 8 heteroatoms. The zero-order valence-corrected chi connectivity index (χ0v) is 18.9. The minimum Gasteiger partial charge on any atom is -0.325 e. The number of hydrogen-bond acceptors (Lipinski definition) is 4. The van der Waals surface area contributed by atoms with Gasteiger partial charge in [-0.25, -0.2) is 0 Å². The van der Waals surface area contributed by atoms with Crippen LogP contribution in [0.1, 0.15) is 5.56 Å². The van der Waals surface area contributed by atoms with Gasteiger partial charge in [-0.15, -0.1) is 10.2 Å². The van der Waals surface area contributed by atoms with Crippen LogP contribution in [0.4, 0.5) is 5.69 Å². The van der Waals surface area contributed by atoms with Crippen molar-refractivity contribution in [2.24, 2.45) is 0 Å². The van der Waals surface area contributed by atoms with E-state index >= 15 is 0 Å². The van der Waals surface area contributed by atoms with Crippen molar-refractivity contribution in [3.63, 3.8) is 0 Å². The summed E-state index contributed by atoms with van der Waals surface area (Å²) in [6.45, 7) is 2.02. The molecule has 0 aliphatic rings. The van der Waals surface area contributed by atoms with Gasteiger partial charge in [-0.05, 0) is 55.0 Å². The second-order valence-electron chi connectivity index (χ2n) is 6.81. The number of aryl methyl sites for hydroxylation is 1. The number of para-hydroxylation sites is 1. The summed E-state index contributed by atoms with van der Waals surface area (Å²) in [5.74, 6) is 0.645. The molecule has 31 heavy (non-hydrogen) atoms. The Balaban J connectivity index is 1.66. The Morgan fingerprint density at radius 3 is 2.55 bits per heavy atom. The standard InChI is InChI=1S/C23H18Cl2N4OS/c1-15-6-5-9-18(12-15)29-22(19-11-10-16(24)13-20(19)25)27-28-23(29)31-14-21(30)26-17-7-3-2-4-8-17/h2-13H,14H2,1H3,(H,26,30). The Labute approximate surface area is 194 Å². The fraction of sp³-hybridized carbons (Fsp3) is 0.0870. The quantitative estimate of drug-likeness (QED) is 0.338. The summed E-state index contributed by atoms with van der Waals surface area (Å²) in [5.41, 5.74) is 3.44. The predicted octanol–water partition coefficient (Wildman–Crippen LogP) is 6.28. The number of aromatic nitrogens is 3. The van der Waals surface area contributed by atoms with Crippen LogP contribution in [0.5, 0.6) is 0 Å². The molecule has 0 radical (unpaired) electrons. The van der Waals surface area contributed by atoms with Crippen molar-refractivity contribution >= 4 is 46.6 Å². The number of thioether (sulfide) groups is 1. The lowest BCUT2D eigenvalue weighted by atomic mass is 10.2. The van der Waals surface area contributed by atoms with Crippen LogP contribution >= 0.6 is 35.0 Å². The van der Waals surface area contributed by atoms with Crippen molar-refractivity contribution in [2.75, 3.05) is 11.1 Å². The van der Waals surface area contributed by atoms with Gasteiger partial charge in [-0.1, -0.05) is 65.3 Å². The molecule has 0 unspecified atom stereocenters. The second-order valence-corrected chi connectivity index (χ2v) is 8.59. The third-order valence-electron chi connectivity index (χ3n) is 4.46. The van der Waals surface area contributed by atoms with Gasteiger partial charge in [0.2, 0.25) is 5.91 Å². The lowest BCUT2D eigenvalue weighted by molar-refractivity contribution is -0.113. The Morgan fingerprint density at radius 2 is 1.81 bits per heavy atom. The molecule has 1 heterocycles. The van der Waals surface area contributed by atoms with E-state index in [-0.39, 0.29) is 11.7 Å². The number of anilines is 1. The molecule has 4 rings (SSSR count). The molecule has 0 fully saturated rings. The molecular weight excluding hydrogens is 451 g/mol. The Bertz CT molecular complexity index is 1230. The van der Waals surface area contributed by atoms with Gasteiger partial charge in [0.1, 0.15) is 0 Å². The van der Waals surface area contributed by atoms with Crippen LogP contribution in [0.2, 0.25) is 10.0 Å². The SMILES string of the molecule is Cc1cccc(-n2c(SCC(=O)Nc3ccccc3)nnc2-c2ccc(Cl)cc2Cl)c1. The third kappa shape index (κ3) is 5.10. The minimum absolute atomic E-state index is 0.124. The molecule has 1 N–H and O–H groups in total. The van der Waals surface area contributed by atoms with E-state index in [0.29, 0.717) is 26.6 Å². The van der Waals surface area contributed by atoms with Crippen LogP contribution in [0.3, 0.4) is 0 Å². The van der Waals surface area contributed by atoms with Crippen LogP contribution in [0, 0.1) is 6.92 Å². The van der Waals surface area contributed by atoms with Crippen molar-refractivity contribution < 1.29 is 4.79 Å². The van der Waals surface area contributed by atoms with Gasteiger partial charge >= 0.3 is 0 Å². The van der Waals surface area contributed by atoms with Crippen molar-refractivity contribution in [2.45, 2.75) is 12.1 Å². The molecule has 0 atom stereocenters. The molecular formula is C23H18Cl2N4OS. The molecule has 0 aliphatic heterocycles. The summed E-state index contributed by atoms with van der Waals surface area (Å²) < 4.78 is 1.91. The molecule has 156 valence electrons. The monoisotopic (exact) mass is 468 g/mol. The van der Waals surface area contributed by atoms with E-state index < -0.39 is 0 Å². The zero-order chi connectivity index (χ0) is 21.8. The highest BCUT2D eigenvalue weighted by molar-refractivity contribution is 7.99. The third-order valence-corrected chi connectivity index (χ3v) is 5.93. The van der Waals surface area contributed by atoms with Crippen LogP contribution < -0.4 is 5.32 Å². The number of carbonyl (C=O) groups is 1. The van der Waals surface area contributed by atoms with E-state index in [9.17, 15) is 4.79 Å². The maximum atomic E-state index is 12.4. The van der Waals surface area contributed by atoms with Crippen LogP contribution in [0.15, 0.2) is 78.0 Å². The molecule has 1 amide bonds. The first-order chi connectivity index (χ1) is 15.0. The normalized spacial score (nSPS) is 10.8. The summed E-state index contributed by atoms with van der Waals surface area (Å²) >= 11 is 13.8. The summed E-state index contributed by atoms with van der Waals surface area (Å²) in [4.78, 5) is 12.4. The van der Waals surface area contributed by atoms with Gasteiger partial charge in [-0.2, -0.15) is 0 Å². The number of rotatable bonds is 6. The van der Waals surface area contributed by atoms with E-state index in [1.807, 2.05) is 72.2 Å². The van der Waals surface area contributed by atoms with Gasteiger partial charge in [-0.3, -0.25) is 9.36 Å². The fourth-order valence-corrected chi connectivity index (χ4v) is 4.30. The summed E-state index contributed by atoms with van der Waals surface area (Å²) in [6.07, 6.45) is 0. The smallest absolute Gasteiger partial charge is 0.234 e. The zero-order valence-electron chi connectivity index (χ0n) is 16.5. The van der Waals surface area contributed by atoms with Crippen molar-refractivity contribution in [3.8, 4) is 17.1 Å². The Kier molecular flexibility index (Phi) is 6.61. The topological polar surface area (TPSA) is 59.8 Å². The van der Waals surface area contributed by atoms with E-state index in [2.05, 4.69) is 15.5 Å². The lowest BCUT2D eigenvalue weighted by Crippen LogP contribution is -2.14. The van der Waals surface area contributed by atoms with Crippen molar-refractivity contribution in [1.82, 2.24) is 14.8 Å². The summed E-state index contributed by atoms with van der Waals surface area (Å²) in [6, 6.07) is 22.6. The summed E-state index contributed by atoms with van der Waals surface area (Å²) in [5, 5.41) is 13.2. The van der Waals surface area contributed by atoms with Gasteiger partial charge in [0.15, 0.2) is 11.0 Å². The number of amides is 1. The molecule has 3 aromatic carbocycles. The number of hydrogen-bond donors (Lipinski definition) is 1. The van der Waals surface area contributed by atoms with Crippen molar-refractivity contribution in [3.05, 3.63) is 88.4 Å². The second kappa shape index (κ2) is 9.56. The lowest BCUT2D eigenvalue weighted by Gasteiger charge is -2.12. The molecule has 0 saturated carbocycles. The first-order valence-corrected chi connectivity index (χ1v) is 11.2. The van der Waals surface area contributed by atoms with Crippen molar-refractivity contribution in [1.29, 1.82) is 0 Å². The molecule has 5 nitrogen and oxygen atoms in total. The first kappa shape index (κ1) is 21.4. The van der Waals surface area contributed by atoms with E-state index in [4.69, 9.17) is 23.2 Å². The molecule has 1 aromatic heterocycles. The highest BCUT2D eigenvalue weighted by atomic mass is 35.5. The number of carbonyl (C=O) groups excluding carboxylic acids is 1.